The lowest BCUT2D eigenvalue weighted by Crippen LogP contribution is -1.78. The summed E-state index contributed by atoms with van der Waals surface area (Å²) in [6.45, 7) is 5.40. The lowest BCUT2D eigenvalue weighted by Gasteiger charge is -1.96. The smallest absolute Gasteiger partial charge is 0.155 e. The zero-order valence-corrected chi connectivity index (χ0v) is 8.47. The van der Waals surface area contributed by atoms with Crippen molar-refractivity contribution in [2.24, 2.45) is 0 Å². The molecule has 0 spiro atoms. The maximum atomic E-state index is 4.88. The fourth-order valence-electron chi connectivity index (χ4n) is 0.160. The summed E-state index contributed by atoms with van der Waals surface area (Å²) in [5.74, 6) is 0. The fourth-order valence-corrected chi connectivity index (χ4v) is 0.479. The van der Waals surface area contributed by atoms with Gasteiger partial charge in [-0.25, -0.2) is 0 Å². The first-order valence-electron chi connectivity index (χ1n) is 2.40. The standard InChI is InChI=1S/C4H11O2P.HI/c1-3-5-7-6-4-2;/h7H,3-4H2,1-2H3;1H. The maximum Gasteiger partial charge on any atom is 0.155 e. The van der Waals surface area contributed by atoms with Crippen molar-refractivity contribution >= 4 is 33.0 Å². The Labute approximate surface area is 69.3 Å². The van der Waals surface area contributed by atoms with Gasteiger partial charge in [0.05, 0.1) is 13.2 Å². The summed E-state index contributed by atoms with van der Waals surface area (Å²) in [6, 6.07) is 0. The minimum absolute atomic E-state index is 0. The third kappa shape index (κ3) is 10.1. The van der Waals surface area contributed by atoms with Crippen LogP contribution in [0.4, 0.5) is 0 Å². The van der Waals surface area contributed by atoms with Crippen LogP contribution >= 0.6 is 33.0 Å². The first-order chi connectivity index (χ1) is 3.41. The molecule has 52 valence electrons. The van der Waals surface area contributed by atoms with Crippen molar-refractivity contribution < 1.29 is 9.05 Å². The minimum Gasteiger partial charge on any atom is -0.337 e. The molecular weight excluding hydrogens is 238 g/mol. The van der Waals surface area contributed by atoms with Crippen molar-refractivity contribution in [2.45, 2.75) is 13.8 Å². The topological polar surface area (TPSA) is 18.5 Å². The Kier molecular flexibility index (Phi) is 16.2. The molecule has 0 fully saturated rings. The summed E-state index contributed by atoms with van der Waals surface area (Å²) in [6.07, 6.45) is 0. The van der Waals surface area contributed by atoms with Gasteiger partial charge in [-0.2, -0.15) is 0 Å². The first-order valence-corrected chi connectivity index (χ1v) is 3.22. The van der Waals surface area contributed by atoms with Crippen LogP contribution in [0.25, 0.3) is 0 Å². The molecular formula is C4H12IO2P. The van der Waals surface area contributed by atoms with E-state index in [1.807, 2.05) is 13.8 Å². The lowest BCUT2D eigenvalue weighted by atomic mass is 10.9. The van der Waals surface area contributed by atoms with Crippen molar-refractivity contribution in [1.29, 1.82) is 0 Å². The van der Waals surface area contributed by atoms with Gasteiger partial charge in [0.25, 0.3) is 0 Å². The van der Waals surface area contributed by atoms with Crippen LogP contribution < -0.4 is 0 Å². The number of hydrogen-bond donors (Lipinski definition) is 0. The van der Waals surface area contributed by atoms with Crippen LogP contribution in [0.5, 0.6) is 0 Å². The average molecular weight is 250 g/mol. The molecule has 8 heavy (non-hydrogen) atoms. The van der Waals surface area contributed by atoms with Gasteiger partial charge in [-0.3, -0.25) is 0 Å². The van der Waals surface area contributed by atoms with Crippen molar-refractivity contribution in [3.8, 4) is 0 Å². The van der Waals surface area contributed by atoms with Crippen LogP contribution in [0.3, 0.4) is 0 Å². The third-order valence-electron chi connectivity index (χ3n) is 0.407. The van der Waals surface area contributed by atoms with Crippen LogP contribution in [-0.2, 0) is 9.05 Å². The molecule has 0 aliphatic carbocycles. The summed E-state index contributed by atoms with van der Waals surface area (Å²) < 4.78 is 9.76. The molecule has 2 nitrogen and oxygen atoms in total. The molecule has 0 radical (unpaired) electrons. The maximum absolute atomic E-state index is 4.88. The van der Waals surface area contributed by atoms with E-state index in [0.717, 1.165) is 13.2 Å². The number of halogens is 1. The molecule has 0 unspecified atom stereocenters. The van der Waals surface area contributed by atoms with Gasteiger partial charge in [-0.1, -0.05) is 0 Å². The molecule has 0 bridgehead atoms. The third-order valence-corrected chi connectivity index (χ3v) is 1.22. The van der Waals surface area contributed by atoms with Gasteiger partial charge in [-0.15, -0.1) is 24.0 Å². The molecule has 0 aliphatic rings. The van der Waals surface area contributed by atoms with Gasteiger partial charge in [0.15, 0.2) is 9.03 Å². The van der Waals surface area contributed by atoms with Crippen LogP contribution in [0.2, 0.25) is 0 Å². The zero-order chi connectivity index (χ0) is 5.54. The van der Waals surface area contributed by atoms with Crippen molar-refractivity contribution in [1.82, 2.24) is 0 Å². The molecule has 0 N–H and O–H groups in total. The van der Waals surface area contributed by atoms with E-state index in [1.165, 1.54) is 0 Å². The van der Waals surface area contributed by atoms with Crippen molar-refractivity contribution in [3.05, 3.63) is 0 Å². The Balaban J connectivity index is 0. The van der Waals surface area contributed by atoms with E-state index >= 15 is 0 Å². The summed E-state index contributed by atoms with van der Waals surface area (Å²) in [5.41, 5.74) is 0. The van der Waals surface area contributed by atoms with E-state index in [1.54, 1.807) is 0 Å². The first kappa shape index (κ1) is 11.8. The van der Waals surface area contributed by atoms with Crippen LogP contribution in [-0.4, -0.2) is 13.2 Å². The molecule has 0 aliphatic heterocycles. The Hall–Kier alpha value is 1.08. The molecule has 0 saturated carbocycles. The molecule has 4 heteroatoms. The van der Waals surface area contributed by atoms with Gasteiger partial charge in [-0.05, 0) is 13.8 Å². The SMILES string of the molecule is CCOPOCC.I. The number of rotatable bonds is 4. The van der Waals surface area contributed by atoms with E-state index in [9.17, 15) is 0 Å². The fraction of sp³-hybridized carbons (Fsp3) is 1.00. The zero-order valence-electron chi connectivity index (χ0n) is 5.14. The van der Waals surface area contributed by atoms with E-state index in [4.69, 9.17) is 9.05 Å². The Morgan fingerprint density at radius 1 is 1.12 bits per heavy atom. The van der Waals surface area contributed by atoms with Crippen LogP contribution in [0.1, 0.15) is 13.8 Å². The van der Waals surface area contributed by atoms with Gasteiger partial charge in [0.2, 0.25) is 0 Å². The van der Waals surface area contributed by atoms with E-state index in [2.05, 4.69) is 0 Å². The molecule has 0 heterocycles. The highest BCUT2D eigenvalue weighted by Gasteiger charge is 1.77. The van der Waals surface area contributed by atoms with E-state index < -0.39 is 0 Å². The van der Waals surface area contributed by atoms with Gasteiger partial charge < -0.3 is 9.05 Å². The Morgan fingerprint density at radius 3 is 1.75 bits per heavy atom. The molecule has 0 amide bonds. The van der Waals surface area contributed by atoms with Gasteiger partial charge >= 0.3 is 0 Å². The average Bonchev–Trinajstić information content (AvgIpc) is 1.69. The van der Waals surface area contributed by atoms with Gasteiger partial charge in [0.1, 0.15) is 0 Å². The van der Waals surface area contributed by atoms with Crippen LogP contribution in [0, 0.1) is 0 Å². The molecule has 0 aromatic carbocycles. The number of hydrogen-bond acceptors (Lipinski definition) is 2. The summed E-state index contributed by atoms with van der Waals surface area (Å²) >= 11 is 0. The lowest BCUT2D eigenvalue weighted by molar-refractivity contribution is 0.288. The highest BCUT2D eigenvalue weighted by Crippen LogP contribution is 2.10. The second-order valence-electron chi connectivity index (χ2n) is 0.949. The quantitative estimate of drug-likeness (QED) is 0.432. The van der Waals surface area contributed by atoms with E-state index in [0.29, 0.717) is 0 Å². The molecule has 0 aromatic heterocycles. The summed E-state index contributed by atoms with van der Waals surface area (Å²) in [7, 11) is 0.232. The largest absolute Gasteiger partial charge is 0.337 e. The molecule has 0 atom stereocenters. The molecule has 0 aromatic rings. The van der Waals surface area contributed by atoms with Gasteiger partial charge in [0, 0.05) is 0 Å². The molecule has 0 rings (SSSR count). The Morgan fingerprint density at radius 2 is 1.50 bits per heavy atom. The highest BCUT2D eigenvalue weighted by atomic mass is 127. The van der Waals surface area contributed by atoms with Crippen molar-refractivity contribution in [2.75, 3.05) is 13.2 Å². The summed E-state index contributed by atoms with van der Waals surface area (Å²) in [4.78, 5) is 0. The Bertz CT molecular complexity index is 33.2. The minimum atomic E-state index is 0. The second-order valence-corrected chi connectivity index (χ2v) is 1.69. The highest BCUT2D eigenvalue weighted by molar-refractivity contribution is 14.0. The predicted molar refractivity (Wildman–Crippen MR) is 47.0 cm³/mol. The van der Waals surface area contributed by atoms with Crippen molar-refractivity contribution in [3.63, 3.8) is 0 Å². The van der Waals surface area contributed by atoms with E-state index in [-0.39, 0.29) is 33.0 Å². The van der Waals surface area contributed by atoms with Crippen LogP contribution in [0.15, 0.2) is 0 Å². The summed E-state index contributed by atoms with van der Waals surface area (Å²) in [5, 5.41) is 0. The second kappa shape index (κ2) is 11.0. The predicted octanol–water partition coefficient (Wildman–Crippen LogP) is 2.19. The molecule has 0 saturated heterocycles. The normalized spacial score (nSPS) is 8.25. The monoisotopic (exact) mass is 250 g/mol.